The first-order chi connectivity index (χ1) is 13.6. The predicted octanol–water partition coefficient (Wildman–Crippen LogP) is 4.66. The van der Waals surface area contributed by atoms with Crippen molar-refractivity contribution in [2.24, 2.45) is 0 Å². The number of rotatable bonds is 7. The molecule has 0 saturated carbocycles. The zero-order valence-electron chi connectivity index (χ0n) is 15.7. The molecule has 3 aromatic rings. The van der Waals surface area contributed by atoms with Crippen LogP contribution < -0.4 is 10.1 Å². The number of esters is 1. The maximum atomic E-state index is 12.1. The van der Waals surface area contributed by atoms with Gasteiger partial charge in [-0.2, -0.15) is 0 Å². The molecule has 0 fully saturated rings. The molecule has 6 nitrogen and oxygen atoms in total. The van der Waals surface area contributed by atoms with E-state index in [0.29, 0.717) is 29.2 Å². The smallest absolute Gasteiger partial charge is 0.338 e. The Morgan fingerprint density at radius 3 is 2.61 bits per heavy atom. The second kappa shape index (κ2) is 8.90. The fourth-order valence-electron chi connectivity index (χ4n) is 2.56. The summed E-state index contributed by atoms with van der Waals surface area (Å²) in [5, 5.41) is 3.63. The van der Waals surface area contributed by atoms with E-state index in [0.717, 1.165) is 17.6 Å². The summed E-state index contributed by atoms with van der Waals surface area (Å²) in [5.74, 6) is 0.622. The Bertz CT molecular complexity index is 1000. The van der Waals surface area contributed by atoms with Gasteiger partial charge in [0.05, 0.1) is 19.3 Å². The second-order valence-electron chi connectivity index (χ2n) is 6.09. The maximum absolute atomic E-state index is 12.1. The normalized spacial score (nSPS) is 10.9. The van der Waals surface area contributed by atoms with Crippen LogP contribution in [0, 0.1) is 0 Å². The molecule has 1 N–H and O–H groups in total. The SMILES string of the molecule is CCCOC(=O)c1ccc(NC(=O)C=Cc2cc3cc(OC)ccc3o2)cc1. The van der Waals surface area contributed by atoms with Crippen molar-refractivity contribution < 1.29 is 23.5 Å². The van der Waals surface area contributed by atoms with Gasteiger partial charge >= 0.3 is 5.97 Å². The van der Waals surface area contributed by atoms with Gasteiger partial charge in [0.2, 0.25) is 5.91 Å². The van der Waals surface area contributed by atoms with Crippen LogP contribution in [0.15, 0.2) is 59.0 Å². The number of anilines is 1. The Labute approximate surface area is 162 Å². The van der Waals surface area contributed by atoms with Gasteiger partial charge in [0.25, 0.3) is 0 Å². The minimum atomic E-state index is -0.374. The first kappa shape index (κ1) is 19.2. The lowest BCUT2D eigenvalue weighted by Crippen LogP contribution is -2.09. The molecule has 0 saturated heterocycles. The number of nitrogens with one attached hydrogen (secondary N) is 1. The highest BCUT2D eigenvalue weighted by Gasteiger charge is 2.07. The molecular weight excluding hydrogens is 358 g/mol. The quantitative estimate of drug-likeness (QED) is 0.477. The van der Waals surface area contributed by atoms with Crippen LogP contribution in [0.2, 0.25) is 0 Å². The number of carbonyl (C=O) groups excluding carboxylic acids is 2. The predicted molar refractivity (Wildman–Crippen MR) is 107 cm³/mol. The van der Waals surface area contributed by atoms with Crippen LogP contribution in [0.5, 0.6) is 5.75 Å². The Hall–Kier alpha value is -3.54. The number of ether oxygens (including phenoxy) is 2. The van der Waals surface area contributed by atoms with Gasteiger partial charge in [0.1, 0.15) is 17.1 Å². The van der Waals surface area contributed by atoms with Crippen molar-refractivity contribution in [3.05, 3.63) is 65.9 Å². The summed E-state index contributed by atoms with van der Waals surface area (Å²) in [7, 11) is 1.60. The van der Waals surface area contributed by atoms with Crippen LogP contribution in [-0.2, 0) is 9.53 Å². The lowest BCUT2D eigenvalue weighted by molar-refractivity contribution is -0.111. The summed E-state index contributed by atoms with van der Waals surface area (Å²) in [6.45, 7) is 2.32. The van der Waals surface area contributed by atoms with Crippen molar-refractivity contribution in [2.75, 3.05) is 19.0 Å². The third-order valence-corrected chi connectivity index (χ3v) is 3.97. The van der Waals surface area contributed by atoms with Crippen molar-refractivity contribution >= 4 is 34.6 Å². The van der Waals surface area contributed by atoms with E-state index in [1.165, 1.54) is 6.08 Å². The molecule has 1 aromatic heterocycles. The number of amides is 1. The molecule has 0 bridgehead atoms. The maximum Gasteiger partial charge on any atom is 0.338 e. The molecule has 0 atom stereocenters. The van der Waals surface area contributed by atoms with E-state index in [9.17, 15) is 9.59 Å². The highest BCUT2D eigenvalue weighted by Crippen LogP contribution is 2.24. The molecule has 28 heavy (non-hydrogen) atoms. The number of fused-ring (bicyclic) bond motifs is 1. The lowest BCUT2D eigenvalue weighted by Gasteiger charge is -2.05. The summed E-state index contributed by atoms with van der Waals surface area (Å²) >= 11 is 0. The van der Waals surface area contributed by atoms with Crippen molar-refractivity contribution in [1.82, 2.24) is 0 Å². The zero-order chi connectivity index (χ0) is 19.9. The number of hydrogen-bond acceptors (Lipinski definition) is 5. The molecule has 0 aliphatic carbocycles. The van der Waals surface area contributed by atoms with E-state index in [1.54, 1.807) is 37.5 Å². The van der Waals surface area contributed by atoms with E-state index in [4.69, 9.17) is 13.9 Å². The Kier molecular flexibility index (Phi) is 6.11. The fraction of sp³-hybridized carbons (Fsp3) is 0.182. The number of hydrogen-bond donors (Lipinski definition) is 1. The fourth-order valence-corrected chi connectivity index (χ4v) is 2.56. The lowest BCUT2D eigenvalue weighted by atomic mass is 10.2. The monoisotopic (exact) mass is 379 g/mol. The third-order valence-electron chi connectivity index (χ3n) is 3.97. The largest absolute Gasteiger partial charge is 0.497 e. The highest BCUT2D eigenvalue weighted by molar-refractivity contribution is 6.02. The van der Waals surface area contributed by atoms with Crippen LogP contribution in [0.1, 0.15) is 29.5 Å². The molecular formula is C22H21NO5. The molecule has 1 amide bonds. The van der Waals surface area contributed by atoms with E-state index in [1.807, 2.05) is 31.2 Å². The minimum absolute atomic E-state index is 0.306. The Morgan fingerprint density at radius 1 is 1.11 bits per heavy atom. The third kappa shape index (κ3) is 4.79. The van der Waals surface area contributed by atoms with Gasteiger partial charge in [0, 0.05) is 17.1 Å². The molecule has 0 unspecified atom stereocenters. The van der Waals surface area contributed by atoms with Crippen LogP contribution in [0.4, 0.5) is 5.69 Å². The average Bonchev–Trinajstić information content (AvgIpc) is 3.13. The van der Waals surface area contributed by atoms with Gasteiger partial charge in [-0.25, -0.2) is 4.79 Å². The first-order valence-electron chi connectivity index (χ1n) is 8.93. The van der Waals surface area contributed by atoms with Crippen LogP contribution in [0.3, 0.4) is 0 Å². The van der Waals surface area contributed by atoms with Crippen LogP contribution >= 0.6 is 0 Å². The molecule has 6 heteroatoms. The van der Waals surface area contributed by atoms with Gasteiger partial charge in [-0.1, -0.05) is 6.92 Å². The minimum Gasteiger partial charge on any atom is -0.497 e. The van der Waals surface area contributed by atoms with Crippen molar-refractivity contribution in [3.63, 3.8) is 0 Å². The summed E-state index contributed by atoms with van der Waals surface area (Å²) in [5.41, 5.74) is 1.74. The van der Waals surface area contributed by atoms with Crippen molar-refractivity contribution in [2.45, 2.75) is 13.3 Å². The van der Waals surface area contributed by atoms with Gasteiger partial charge < -0.3 is 19.2 Å². The van der Waals surface area contributed by atoms with Crippen molar-refractivity contribution in [1.29, 1.82) is 0 Å². The first-order valence-corrected chi connectivity index (χ1v) is 8.93. The van der Waals surface area contributed by atoms with Gasteiger partial charge in [0.15, 0.2) is 0 Å². The van der Waals surface area contributed by atoms with Crippen LogP contribution in [0.25, 0.3) is 17.0 Å². The Morgan fingerprint density at radius 2 is 1.89 bits per heavy atom. The van der Waals surface area contributed by atoms with Crippen LogP contribution in [-0.4, -0.2) is 25.6 Å². The van der Waals surface area contributed by atoms with Gasteiger partial charge in [-0.05, 0) is 61.0 Å². The average molecular weight is 379 g/mol. The standard InChI is InChI=1S/C22H21NO5/c1-3-12-27-22(25)15-4-6-17(7-5-15)23-21(24)11-9-19-14-16-13-18(26-2)8-10-20(16)28-19/h4-11,13-14H,3,12H2,1-2H3,(H,23,24). The summed E-state index contributed by atoms with van der Waals surface area (Å²) < 4.78 is 15.9. The molecule has 2 aromatic carbocycles. The molecule has 0 aliphatic rings. The molecule has 3 rings (SSSR count). The van der Waals surface area contributed by atoms with Crippen molar-refractivity contribution in [3.8, 4) is 5.75 Å². The number of carbonyl (C=O) groups is 2. The molecule has 0 aliphatic heterocycles. The van der Waals surface area contributed by atoms with E-state index in [2.05, 4.69) is 5.32 Å². The second-order valence-corrected chi connectivity index (χ2v) is 6.09. The number of benzene rings is 2. The molecule has 144 valence electrons. The van der Waals surface area contributed by atoms with Gasteiger partial charge in [-0.3, -0.25) is 4.79 Å². The molecule has 0 radical (unpaired) electrons. The zero-order valence-corrected chi connectivity index (χ0v) is 15.7. The molecule has 0 spiro atoms. The van der Waals surface area contributed by atoms with E-state index in [-0.39, 0.29) is 11.9 Å². The topological polar surface area (TPSA) is 77.8 Å². The number of methoxy groups -OCH3 is 1. The highest BCUT2D eigenvalue weighted by atomic mass is 16.5. The summed E-state index contributed by atoms with van der Waals surface area (Å²) in [4.78, 5) is 23.9. The number of furan rings is 1. The summed E-state index contributed by atoms with van der Waals surface area (Å²) in [6.07, 6.45) is 3.75. The van der Waals surface area contributed by atoms with E-state index < -0.39 is 0 Å². The molecule has 1 heterocycles. The summed E-state index contributed by atoms with van der Waals surface area (Å²) in [6, 6.07) is 13.9. The van der Waals surface area contributed by atoms with Gasteiger partial charge in [-0.15, -0.1) is 0 Å². The van der Waals surface area contributed by atoms with E-state index >= 15 is 0 Å². The Balaban J connectivity index is 1.61.